The maximum atomic E-state index is 3.91. The van der Waals surface area contributed by atoms with Gasteiger partial charge in [0.2, 0.25) is 0 Å². The Kier molecular flexibility index (Phi) is 4.90. The van der Waals surface area contributed by atoms with Crippen LogP contribution in [0.2, 0.25) is 0 Å². The summed E-state index contributed by atoms with van der Waals surface area (Å²) in [5.41, 5.74) is 1.19. The van der Waals surface area contributed by atoms with E-state index in [1.807, 2.05) is 24.4 Å². The van der Waals surface area contributed by atoms with Gasteiger partial charge in [-0.2, -0.15) is 15.0 Å². The zero-order valence-electron chi connectivity index (χ0n) is 6.66. The number of nitrogens with zero attached hydrogens (tertiary/aromatic N) is 1. The Morgan fingerprint density at radius 3 is 2.75 bits per heavy atom. The molecule has 66 valence electrons. The van der Waals surface area contributed by atoms with Gasteiger partial charge in [0.25, 0.3) is 0 Å². The summed E-state index contributed by atoms with van der Waals surface area (Å²) in [6, 6.07) is 8.15. The van der Waals surface area contributed by atoms with Gasteiger partial charge in [-0.1, -0.05) is 18.2 Å². The van der Waals surface area contributed by atoms with Crippen molar-refractivity contribution in [2.24, 2.45) is 5.10 Å². The van der Waals surface area contributed by atoms with Crippen LogP contribution in [0, 0.1) is 0 Å². The fourth-order valence-corrected chi connectivity index (χ4v) is 1.44. The highest BCUT2D eigenvalue weighted by Crippen LogP contribution is 2.20. The summed E-state index contributed by atoms with van der Waals surface area (Å²) in [4.78, 5) is 4.06. The Morgan fingerprint density at radius 1 is 1.25 bits per heavy atom. The minimum Gasteiger partial charge on any atom is -0.344 e. The maximum Gasteiger partial charge on any atom is 0.0562 e. The van der Waals surface area contributed by atoms with E-state index >= 15 is 0 Å². The summed E-state index contributed by atoms with van der Waals surface area (Å²) < 4.78 is 0. The van der Waals surface area contributed by atoms with Crippen molar-refractivity contribution in [1.82, 2.24) is 11.0 Å². The van der Waals surface area contributed by atoms with Crippen LogP contribution in [0.25, 0.3) is 0 Å². The van der Waals surface area contributed by atoms with Gasteiger partial charge in [0.05, 0.1) is 6.21 Å². The molecule has 5 heteroatoms. The first-order chi connectivity index (χ1) is 4.97. The molecular weight excluding hydrogens is 189 g/mol. The Labute approximate surface area is 79.4 Å². The molecule has 4 N–H and O–H groups in total. The third kappa shape index (κ3) is 2.21. The van der Waals surface area contributed by atoms with Crippen LogP contribution in [0.5, 0.6) is 0 Å². The molecule has 0 aliphatic carbocycles. The molecule has 0 radical (unpaired) electrons. The molecule has 3 nitrogen and oxygen atoms in total. The second-order valence-electron chi connectivity index (χ2n) is 1.99. The van der Waals surface area contributed by atoms with Crippen molar-refractivity contribution in [2.75, 3.05) is 0 Å². The van der Waals surface area contributed by atoms with Gasteiger partial charge in [0.1, 0.15) is 0 Å². The standard InChI is InChI=1S/C7H6N2S.H3N.H3P/c1-2-4-7-6(3-1)5-8-9-10-7;;/h1-5,9H;2*1H3. The van der Waals surface area contributed by atoms with Crippen LogP contribution >= 0.6 is 21.8 Å². The number of benzene rings is 1. The van der Waals surface area contributed by atoms with E-state index in [-0.39, 0.29) is 16.0 Å². The number of hydrazone groups is 1. The van der Waals surface area contributed by atoms with Crippen LogP contribution in [0.3, 0.4) is 0 Å². The average Bonchev–Trinajstić information content (AvgIpc) is 2.05. The second kappa shape index (κ2) is 5.14. The molecule has 1 heterocycles. The van der Waals surface area contributed by atoms with E-state index in [1.165, 1.54) is 10.5 Å². The van der Waals surface area contributed by atoms with Crippen LogP contribution in [0.4, 0.5) is 0 Å². The fraction of sp³-hybridized carbons (Fsp3) is 0. The Balaban J connectivity index is 0.000000605. The number of nitrogens with one attached hydrogen (secondary N) is 1. The summed E-state index contributed by atoms with van der Waals surface area (Å²) in [6.07, 6.45) is 1.83. The number of hydrogen-bond acceptors (Lipinski definition) is 4. The molecule has 0 saturated carbocycles. The molecule has 1 atom stereocenters. The summed E-state index contributed by atoms with van der Waals surface area (Å²) in [6.45, 7) is 0. The van der Waals surface area contributed by atoms with Crippen LogP contribution in [-0.4, -0.2) is 6.21 Å². The minimum absolute atomic E-state index is 0. The van der Waals surface area contributed by atoms with Crippen molar-refractivity contribution in [3.63, 3.8) is 0 Å². The summed E-state index contributed by atoms with van der Waals surface area (Å²) in [5.74, 6) is 0. The van der Waals surface area contributed by atoms with E-state index in [0.29, 0.717) is 0 Å². The summed E-state index contributed by atoms with van der Waals surface area (Å²) in [7, 11) is 0. The maximum absolute atomic E-state index is 3.91. The number of hydrogen-bond donors (Lipinski definition) is 2. The van der Waals surface area contributed by atoms with Gasteiger partial charge in [-0.3, -0.25) is 0 Å². The first kappa shape index (κ1) is 11.4. The third-order valence-corrected chi connectivity index (χ3v) is 2.12. The largest absolute Gasteiger partial charge is 0.344 e. The zero-order valence-corrected chi connectivity index (χ0v) is 8.89. The summed E-state index contributed by atoms with van der Waals surface area (Å²) >= 11 is 1.54. The molecule has 12 heavy (non-hydrogen) atoms. The highest BCUT2D eigenvalue weighted by Gasteiger charge is 2.01. The second-order valence-corrected chi connectivity index (χ2v) is 2.82. The number of rotatable bonds is 0. The molecule has 1 unspecified atom stereocenters. The van der Waals surface area contributed by atoms with E-state index in [0.717, 1.165) is 0 Å². The van der Waals surface area contributed by atoms with E-state index in [9.17, 15) is 0 Å². The lowest BCUT2D eigenvalue weighted by Gasteiger charge is -2.07. The predicted octanol–water partition coefficient (Wildman–Crippen LogP) is 1.85. The zero-order chi connectivity index (χ0) is 6.81. The molecule has 1 aliphatic rings. The van der Waals surface area contributed by atoms with Gasteiger partial charge in [-0.05, 0) is 6.07 Å². The van der Waals surface area contributed by atoms with Crippen LogP contribution in [0.15, 0.2) is 34.3 Å². The lowest BCUT2D eigenvalue weighted by atomic mass is 10.2. The number of fused-ring (bicyclic) bond motifs is 1. The fourth-order valence-electron chi connectivity index (χ4n) is 0.852. The van der Waals surface area contributed by atoms with Crippen molar-refractivity contribution in [3.8, 4) is 0 Å². The van der Waals surface area contributed by atoms with Crippen molar-refractivity contribution in [1.29, 1.82) is 0 Å². The van der Waals surface area contributed by atoms with E-state index in [1.54, 1.807) is 11.9 Å². The Hall–Kier alpha value is -0.570. The van der Waals surface area contributed by atoms with Gasteiger partial charge in [-0.25, -0.2) is 4.83 Å². The third-order valence-electron chi connectivity index (χ3n) is 1.33. The highest BCUT2D eigenvalue weighted by molar-refractivity contribution is 7.97. The lowest BCUT2D eigenvalue weighted by Crippen LogP contribution is -2.01. The van der Waals surface area contributed by atoms with Crippen molar-refractivity contribution < 1.29 is 0 Å². The van der Waals surface area contributed by atoms with E-state index in [4.69, 9.17) is 0 Å². The molecule has 1 aliphatic heterocycles. The topological polar surface area (TPSA) is 59.4 Å². The van der Waals surface area contributed by atoms with E-state index in [2.05, 4.69) is 16.0 Å². The van der Waals surface area contributed by atoms with Crippen molar-refractivity contribution in [2.45, 2.75) is 4.90 Å². The van der Waals surface area contributed by atoms with E-state index < -0.39 is 0 Å². The monoisotopic (exact) mass is 201 g/mol. The first-order valence-corrected chi connectivity index (χ1v) is 3.82. The SMILES string of the molecule is C1=NNSc2ccccc21.N.P. The molecule has 0 spiro atoms. The average molecular weight is 201 g/mol. The molecule has 1 aromatic rings. The van der Waals surface area contributed by atoms with Crippen LogP contribution in [-0.2, 0) is 0 Å². The first-order valence-electron chi connectivity index (χ1n) is 3.01. The van der Waals surface area contributed by atoms with Crippen LogP contribution in [0.1, 0.15) is 5.56 Å². The Morgan fingerprint density at radius 2 is 2.00 bits per heavy atom. The van der Waals surface area contributed by atoms with Gasteiger partial charge in [0, 0.05) is 22.4 Å². The molecule has 2 rings (SSSR count). The molecule has 0 saturated heterocycles. The molecule has 1 aromatic carbocycles. The van der Waals surface area contributed by atoms with Gasteiger partial charge < -0.3 is 6.15 Å². The lowest BCUT2D eigenvalue weighted by molar-refractivity contribution is 1.10. The van der Waals surface area contributed by atoms with Crippen LogP contribution < -0.4 is 11.0 Å². The summed E-state index contributed by atoms with van der Waals surface area (Å²) in [5, 5.41) is 3.91. The Bertz CT molecular complexity index is 277. The smallest absolute Gasteiger partial charge is 0.0562 e. The van der Waals surface area contributed by atoms with Gasteiger partial charge >= 0.3 is 0 Å². The minimum atomic E-state index is 0. The molecule has 0 amide bonds. The predicted molar refractivity (Wildman–Crippen MR) is 59.2 cm³/mol. The molecule has 0 bridgehead atoms. The molecular formula is C7H12N3PS. The quantitative estimate of drug-likeness (QED) is 0.497. The normalized spacial score (nSPS) is 11.7. The van der Waals surface area contributed by atoms with Crippen molar-refractivity contribution >= 4 is 28.1 Å². The van der Waals surface area contributed by atoms with Gasteiger partial charge in [-0.15, -0.1) is 0 Å². The highest BCUT2D eigenvalue weighted by atomic mass is 32.2. The molecule has 0 fully saturated rings. The van der Waals surface area contributed by atoms with Gasteiger partial charge in [0.15, 0.2) is 0 Å². The molecule has 0 aromatic heterocycles. The van der Waals surface area contributed by atoms with Crippen molar-refractivity contribution in [3.05, 3.63) is 29.8 Å².